The van der Waals surface area contributed by atoms with E-state index in [1.807, 2.05) is 53.9 Å². The quantitative estimate of drug-likeness (QED) is 0.0736. The van der Waals surface area contributed by atoms with E-state index in [-0.39, 0.29) is 22.2 Å². The van der Waals surface area contributed by atoms with Gasteiger partial charge < -0.3 is 14.2 Å². The first-order valence-electron chi connectivity index (χ1n) is 12.9. The number of rotatable bonds is 7. The second-order valence-electron chi connectivity index (χ2n) is 9.64. The average Bonchev–Trinajstić information content (AvgIpc) is 3.68. The third kappa shape index (κ3) is 4.93. The van der Waals surface area contributed by atoms with Gasteiger partial charge in [0.15, 0.2) is 10.1 Å². The Labute approximate surface area is 254 Å². The van der Waals surface area contributed by atoms with Crippen LogP contribution in [-0.4, -0.2) is 43.5 Å². The number of methoxy groups -OCH3 is 1. The molecule has 1 fully saturated rings. The molecule has 212 valence electrons. The number of hydrogen-bond acceptors (Lipinski definition) is 9. The van der Waals surface area contributed by atoms with Crippen molar-refractivity contribution in [3.8, 4) is 5.75 Å². The van der Waals surface area contributed by atoms with E-state index in [4.69, 9.17) is 16.3 Å². The highest BCUT2D eigenvalue weighted by molar-refractivity contribution is 8.00. The average molecular weight is 618 g/mol. The molecule has 1 aliphatic heterocycles. The molecule has 1 saturated heterocycles. The number of halogens is 1. The molecule has 1 unspecified atom stereocenters. The third-order valence-electron chi connectivity index (χ3n) is 7.04. The summed E-state index contributed by atoms with van der Waals surface area (Å²) in [4.78, 5) is 33.2. The molecular formula is C30H24ClN5O4S2. The molecule has 6 rings (SSSR count). The summed E-state index contributed by atoms with van der Waals surface area (Å²) in [5.41, 5.74) is 3.96. The van der Waals surface area contributed by atoms with Gasteiger partial charge in [-0.1, -0.05) is 65.0 Å². The van der Waals surface area contributed by atoms with Gasteiger partial charge in [-0.2, -0.15) is 0 Å². The van der Waals surface area contributed by atoms with Gasteiger partial charge in [-0.15, -0.1) is 10.2 Å². The number of aryl methyl sites for hydroxylation is 2. The molecule has 0 spiro atoms. The Kier molecular flexibility index (Phi) is 7.48. The highest BCUT2D eigenvalue weighted by Gasteiger charge is 2.49. The molecule has 0 saturated carbocycles. The lowest BCUT2D eigenvalue weighted by molar-refractivity contribution is -0.132. The van der Waals surface area contributed by atoms with E-state index in [0.29, 0.717) is 37.8 Å². The molecular weight excluding hydrogens is 594 g/mol. The van der Waals surface area contributed by atoms with Crippen LogP contribution in [0.1, 0.15) is 34.1 Å². The molecule has 4 heterocycles. The fourth-order valence-corrected chi connectivity index (χ4v) is 6.86. The number of thioether (sulfide) groups is 1. The van der Waals surface area contributed by atoms with E-state index in [1.54, 1.807) is 31.2 Å². The van der Waals surface area contributed by atoms with Crippen LogP contribution in [0.2, 0.25) is 5.02 Å². The molecule has 1 aliphatic rings. The monoisotopic (exact) mass is 617 g/mol. The molecule has 0 aliphatic carbocycles. The number of ketones is 1. The fraction of sp³-hybridized carbons (Fsp3) is 0.167. The number of nitrogens with zero attached hydrogens (tertiary/aromatic N) is 5. The van der Waals surface area contributed by atoms with E-state index in [0.717, 1.165) is 11.1 Å². The van der Waals surface area contributed by atoms with E-state index >= 15 is 0 Å². The molecule has 5 aromatic rings. The molecule has 12 heteroatoms. The van der Waals surface area contributed by atoms with Gasteiger partial charge in [0.25, 0.3) is 5.78 Å². The van der Waals surface area contributed by atoms with Gasteiger partial charge in [0.2, 0.25) is 5.13 Å². The van der Waals surface area contributed by atoms with E-state index in [1.165, 1.54) is 35.1 Å². The molecule has 0 radical (unpaired) electrons. The summed E-state index contributed by atoms with van der Waals surface area (Å²) in [6, 6.07) is 17.4. The maximum atomic E-state index is 13.6. The number of imidazole rings is 1. The number of aromatic nitrogens is 4. The molecule has 42 heavy (non-hydrogen) atoms. The molecule has 1 atom stereocenters. The van der Waals surface area contributed by atoms with Crippen molar-refractivity contribution in [3.63, 3.8) is 0 Å². The summed E-state index contributed by atoms with van der Waals surface area (Å²) in [7, 11) is 1.54. The zero-order valence-electron chi connectivity index (χ0n) is 22.7. The number of anilines is 1. The number of pyridine rings is 1. The number of hydrogen-bond donors (Lipinski definition) is 1. The summed E-state index contributed by atoms with van der Waals surface area (Å²) in [5.74, 6) is -0.845. The molecule has 3 aromatic heterocycles. The van der Waals surface area contributed by atoms with Crippen molar-refractivity contribution in [1.29, 1.82) is 0 Å². The van der Waals surface area contributed by atoms with E-state index in [2.05, 4.69) is 15.2 Å². The van der Waals surface area contributed by atoms with Crippen molar-refractivity contribution in [2.45, 2.75) is 30.0 Å². The number of aliphatic hydroxyl groups excluding tert-OH is 1. The Morgan fingerprint density at radius 2 is 1.88 bits per heavy atom. The topological polar surface area (TPSA) is 110 Å². The SMILES string of the molecule is COc1cccc(C2/C(=C(\O)c3nc4c(C)cccn4c3C)C(=O)C(=O)N2c2nnc(SCc3ccc(Cl)cc3)s2)c1. The minimum Gasteiger partial charge on any atom is -0.505 e. The Hall–Kier alpha value is -4.19. The summed E-state index contributed by atoms with van der Waals surface area (Å²) in [6.45, 7) is 3.72. The van der Waals surface area contributed by atoms with Crippen LogP contribution in [0, 0.1) is 13.8 Å². The number of amides is 1. The normalized spacial score (nSPS) is 16.5. The van der Waals surface area contributed by atoms with Crippen LogP contribution >= 0.6 is 34.7 Å². The van der Waals surface area contributed by atoms with Crippen LogP contribution in [0.3, 0.4) is 0 Å². The fourth-order valence-electron chi connectivity index (χ4n) is 4.91. The maximum Gasteiger partial charge on any atom is 0.301 e. The van der Waals surface area contributed by atoms with Crippen LogP contribution in [-0.2, 0) is 15.3 Å². The number of carbonyl (C=O) groups excluding carboxylic acids is 2. The summed E-state index contributed by atoms with van der Waals surface area (Å²) < 4.78 is 7.89. The summed E-state index contributed by atoms with van der Waals surface area (Å²) in [5, 5.41) is 21.1. The van der Waals surface area contributed by atoms with Crippen LogP contribution in [0.15, 0.2) is 76.8 Å². The van der Waals surface area contributed by atoms with Gasteiger partial charge in [-0.05, 0) is 60.9 Å². The molecule has 2 aromatic carbocycles. The Balaban J connectivity index is 1.44. The lowest BCUT2D eigenvalue weighted by atomic mass is 9.96. The summed E-state index contributed by atoms with van der Waals surface area (Å²) >= 11 is 8.65. The number of benzene rings is 2. The van der Waals surface area contributed by atoms with Gasteiger partial charge in [0, 0.05) is 17.0 Å². The van der Waals surface area contributed by atoms with Gasteiger partial charge in [-0.3, -0.25) is 14.5 Å². The molecule has 9 nitrogen and oxygen atoms in total. The molecule has 0 bridgehead atoms. The van der Waals surface area contributed by atoms with Crippen molar-refractivity contribution >= 4 is 62.9 Å². The Bertz CT molecular complexity index is 1880. The van der Waals surface area contributed by atoms with Crippen molar-refractivity contribution in [1.82, 2.24) is 19.6 Å². The predicted octanol–water partition coefficient (Wildman–Crippen LogP) is 6.38. The first-order valence-corrected chi connectivity index (χ1v) is 15.0. The maximum absolute atomic E-state index is 13.6. The minimum atomic E-state index is -0.979. The Morgan fingerprint density at radius 3 is 2.62 bits per heavy atom. The van der Waals surface area contributed by atoms with Crippen molar-refractivity contribution < 1.29 is 19.4 Å². The van der Waals surface area contributed by atoms with Crippen LogP contribution in [0.5, 0.6) is 5.75 Å². The zero-order valence-corrected chi connectivity index (χ0v) is 25.1. The highest BCUT2D eigenvalue weighted by atomic mass is 35.5. The van der Waals surface area contributed by atoms with E-state index < -0.39 is 17.7 Å². The minimum absolute atomic E-state index is 0.0806. The van der Waals surface area contributed by atoms with Crippen LogP contribution in [0.25, 0.3) is 11.4 Å². The van der Waals surface area contributed by atoms with Crippen molar-refractivity contribution in [2.24, 2.45) is 0 Å². The van der Waals surface area contributed by atoms with Crippen LogP contribution < -0.4 is 9.64 Å². The van der Waals surface area contributed by atoms with Crippen molar-refractivity contribution in [3.05, 3.63) is 106 Å². The number of ether oxygens (including phenoxy) is 1. The number of Topliss-reactive ketones (excluding diaryl/α,β-unsaturated/α-hetero) is 1. The highest BCUT2D eigenvalue weighted by Crippen LogP contribution is 2.45. The zero-order chi connectivity index (χ0) is 29.5. The smallest absolute Gasteiger partial charge is 0.301 e. The summed E-state index contributed by atoms with van der Waals surface area (Å²) in [6.07, 6.45) is 1.84. The standard InChI is InChI=1S/C30H24ClN5O4S2/c1-16-6-5-13-35-17(2)23(32-27(16)35)25(37)22-24(19-7-4-8-21(14-19)40-3)36(28(39)26(22)38)29-33-34-30(42-29)41-15-18-9-11-20(31)12-10-18/h4-14,24,37H,15H2,1-3H3/b25-22+. The predicted molar refractivity (Wildman–Crippen MR) is 163 cm³/mol. The number of aliphatic hydroxyl groups is 1. The van der Waals surface area contributed by atoms with Crippen LogP contribution in [0.4, 0.5) is 5.13 Å². The number of fused-ring (bicyclic) bond motifs is 1. The van der Waals surface area contributed by atoms with Gasteiger partial charge in [0.1, 0.15) is 17.1 Å². The molecule has 1 amide bonds. The van der Waals surface area contributed by atoms with Crippen molar-refractivity contribution in [2.75, 3.05) is 12.0 Å². The Morgan fingerprint density at radius 1 is 1.10 bits per heavy atom. The largest absolute Gasteiger partial charge is 0.505 e. The first kappa shape index (κ1) is 28.0. The lowest BCUT2D eigenvalue weighted by Crippen LogP contribution is -2.29. The lowest BCUT2D eigenvalue weighted by Gasteiger charge is -2.22. The van der Waals surface area contributed by atoms with E-state index in [9.17, 15) is 14.7 Å². The van der Waals surface area contributed by atoms with Gasteiger partial charge >= 0.3 is 5.91 Å². The van der Waals surface area contributed by atoms with Gasteiger partial charge in [-0.25, -0.2) is 4.98 Å². The second kappa shape index (κ2) is 11.2. The molecule has 1 N–H and O–H groups in total. The third-order valence-corrected chi connectivity index (χ3v) is 9.42. The van der Waals surface area contributed by atoms with Gasteiger partial charge in [0.05, 0.1) is 24.4 Å². The first-order chi connectivity index (χ1) is 20.3. The number of carbonyl (C=O) groups is 2. The second-order valence-corrected chi connectivity index (χ2v) is 12.3.